The number of fused-ring (bicyclic) bond motifs is 1. The van der Waals surface area contributed by atoms with Gasteiger partial charge in [0, 0.05) is 5.69 Å². The molecule has 3 aromatic rings. The summed E-state index contributed by atoms with van der Waals surface area (Å²) in [6, 6.07) is 8.11. The van der Waals surface area contributed by atoms with Crippen molar-refractivity contribution in [3.05, 3.63) is 47.6 Å². The lowest BCUT2D eigenvalue weighted by Gasteiger charge is -2.04. The number of imidazole rings is 1. The summed E-state index contributed by atoms with van der Waals surface area (Å²) in [5, 5.41) is 0.410. The number of aryl methyl sites for hydroxylation is 1. The fourth-order valence-corrected chi connectivity index (χ4v) is 1.94. The number of benzene rings is 1. The fraction of sp³-hybridized carbons (Fsp3) is 0.0833. The van der Waals surface area contributed by atoms with E-state index in [4.69, 9.17) is 11.6 Å². The first-order valence-electron chi connectivity index (χ1n) is 5.16. The molecule has 2 aromatic heterocycles. The highest BCUT2D eigenvalue weighted by molar-refractivity contribution is 6.33. The highest BCUT2D eigenvalue weighted by Crippen LogP contribution is 2.22. The van der Waals surface area contributed by atoms with Crippen molar-refractivity contribution in [2.75, 3.05) is 0 Å². The molecular formula is C12H9ClN4. The van der Waals surface area contributed by atoms with Crippen LogP contribution in [0.5, 0.6) is 0 Å². The van der Waals surface area contributed by atoms with Crippen LogP contribution in [0.25, 0.3) is 16.9 Å². The Morgan fingerprint density at radius 3 is 2.59 bits per heavy atom. The van der Waals surface area contributed by atoms with Crippen molar-refractivity contribution in [3.63, 3.8) is 0 Å². The van der Waals surface area contributed by atoms with E-state index in [0.29, 0.717) is 10.8 Å². The van der Waals surface area contributed by atoms with E-state index in [1.54, 1.807) is 6.33 Å². The average molecular weight is 245 g/mol. The maximum absolute atomic E-state index is 6.07. The van der Waals surface area contributed by atoms with Gasteiger partial charge < -0.3 is 0 Å². The molecule has 0 aliphatic carbocycles. The van der Waals surface area contributed by atoms with Gasteiger partial charge in [0.2, 0.25) is 0 Å². The summed E-state index contributed by atoms with van der Waals surface area (Å²) in [5.41, 5.74) is 3.54. The van der Waals surface area contributed by atoms with Crippen molar-refractivity contribution < 1.29 is 0 Å². The topological polar surface area (TPSA) is 43.6 Å². The van der Waals surface area contributed by atoms with E-state index in [1.807, 2.05) is 35.8 Å². The number of rotatable bonds is 1. The highest BCUT2D eigenvalue weighted by atomic mass is 35.5. The maximum Gasteiger partial charge on any atom is 0.182 e. The second kappa shape index (κ2) is 3.82. The monoisotopic (exact) mass is 244 g/mol. The molecule has 2 heterocycles. The highest BCUT2D eigenvalue weighted by Gasteiger charge is 2.09. The standard InChI is InChI=1S/C12H9ClN4/c1-8-2-4-9(5-3-8)17-7-16-12-10(17)11(13)14-6-15-12/h2-7H,1H3. The third-order valence-electron chi connectivity index (χ3n) is 2.61. The molecule has 0 saturated carbocycles. The van der Waals surface area contributed by atoms with Crippen molar-refractivity contribution >= 4 is 22.8 Å². The summed E-state index contributed by atoms with van der Waals surface area (Å²) >= 11 is 6.07. The molecule has 84 valence electrons. The van der Waals surface area contributed by atoms with Gasteiger partial charge in [0.1, 0.15) is 18.2 Å². The average Bonchev–Trinajstić information content (AvgIpc) is 2.75. The van der Waals surface area contributed by atoms with Crippen LogP contribution in [0.15, 0.2) is 36.9 Å². The molecule has 0 atom stereocenters. The Bertz CT molecular complexity index is 673. The van der Waals surface area contributed by atoms with Crippen LogP contribution in [0.2, 0.25) is 5.15 Å². The number of aromatic nitrogens is 4. The van der Waals surface area contributed by atoms with Gasteiger partial charge in [-0.3, -0.25) is 4.57 Å². The predicted molar refractivity (Wildman–Crippen MR) is 66.4 cm³/mol. The van der Waals surface area contributed by atoms with E-state index in [1.165, 1.54) is 11.9 Å². The first kappa shape index (κ1) is 10.2. The molecule has 4 nitrogen and oxygen atoms in total. The Morgan fingerprint density at radius 1 is 1.06 bits per heavy atom. The van der Waals surface area contributed by atoms with Crippen LogP contribution < -0.4 is 0 Å². The van der Waals surface area contributed by atoms with Gasteiger partial charge in [0.25, 0.3) is 0 Å². The molecule has 1 aromatic carbocycles. The second-order valence-corrected chi connectivity index (χ2v) is 4.14. The van der Waals surface area contributed by atoms with E-state index in [0.717, 1.165) is 11.2 Å². The van der Waals surface area contributed by atoms with E-state index in [2.05, 4.69) is 15.0 Å². The van der Waals surface area contributed by atoms with E-state index in [-0.39, 0.29) is 0 Å². The normalized spacial score (nSPS) is 10.9. The lowest BCUT2D eigenvalue weighted by atomic mass is 10.2. The van der Waals surface area contributed by atoms with E-state index in [9.17, 15) is 0 Å². The zero-order chi connectivity index (χ0) is 11.8. The summed E-state index contributed by atoms with van der Waals surface area (Å²) < 4.78 is 1.89. The van der Waals surface area contributed by atoms with Crippen LogP contribution in [0.4, 0.5) is 0 Å². The van der Waals surface area contributed by atoms with Crippen molar-refractivity contribution in [1.29, 1.82) is 0 Å². The van der Waals surface area contributed by atoms with Gasteiger partial charge in [-0.25, -0.2) is 15.0 Å². The van der Waals surface area contributed by atoms with Crippen LogP contribution in [-0.2, 0) is 0 Å². The SMILES string of the molecule is Cc1ccc(-n2cnc3ncnc(Cl)c32)cc1. The molecule has 0 amide bonds. The van der Waals surface area contributed by atoms with Gasteiger partial charge in [0.05, 0.1) is 0 Å². The van der Waals surface area contributed by atoms with E-state index < -0.39 is 0 Å². The number of nitrogens with zero attached hydrogens (tertiary/aromatic N) is 4. The molecular weight excluding hydrogens is 236 g/mol. The van der Waals surface area contributed by atoms with Crippen LogP contribution in [-0.4, -0.2) is 19.5 Å². The number of hydrogen-bond acceptors (Lipinski definition) is 3. The minimum atomic E-state index is 0.410. The summed E-state index contributed by atoms with van der Waals surface area (Å²) in [6.45, 7) is 2.05. The lowest BCUT2D eigenvalue weighted by molar-refractivity contribution is 1.08. The molecule has 0 unspecified atom stereocenters. The van der Waals surface area contributed by atoms with Crippen LogP contribution in [0, 0.1) is 6.92 Å². The summed E-state index contributed by atoms with van der Waals surface area (Å²) in [6.07, 6.45) is 3.12. The van der Waals surface area contributed by atoms with Gasteiger partial charge in [0.15, 0.2) is 10.8 Å². The Morgan fingerprint density at radius 2 is 1.82 bits per heavy atom. The molecule has 0 aliphatic heterocycles. The lowest BCUT2D eigenvalue weighted by Crippen LogP contribution is -1.93. The predicted octanol–water partition coefficient (Wildman–Crippen LogP) is 2.78. The molecule has 0 spiro atoms. The summed E-state index contributed by atoms with van der Waals surface area (Å²) in [5.74, 6) is 0. The van der Waals surface area contributed by atoms with Gasteiger partial charge in [-0.05, 0) is 19.1 Å². The molecule has 0 bridgehead atoms. The number of halogens is 1. The third kappa shape index (κ3) is 1.66. The van der Waals surface area contributed by atoms with Crippen LogP contribution >= 0.6 is 11.6 Å². The molecule has 0 fully saturated rings. The Kier molecular flexibility index (Phi) is 2.30. The zero-order valence-corrected chi connectivity index (χ0v) is 9.89. The van der Waals surface area contributed by atoms with Gasteiger partial charge >= 0.3 is 0 Å². The molecule has 0 radical (unpaired) electrons. The molecule has 17 heavy (non-hydrogen) atoms. The largest absolute Gasteiger partial charge is 0.295 e. The molecule has 0 aliphatic rings. The van der Waals surface area contributed by atoms with Gasteiger partial charge in [-0.15, -0.1) is 0 Å². The first-order chi connectivity index (χ1) is 8.25. The minimum Gasteiger partial charge on any atom is -0.295 e. The van der Waals surface area contributed by atoms with Crippen molar-refractivity contribution in [3.8, 4) is 5.69 Å². The quantitative estimate of drug-likeness (QED) is 0.618. The molecule has 0 saturated heterocycles. The summed E-state index contributed by atoms with van der Waals surface area (Å²) in [4.78, 5) is 12.3. The zero-order valence-electron chi connectivity index (χ0n) is 9.13. The molecule has 3 rings (SSSR count). The third-order valence-corrected chi connectivity index (χ3v) is 2.88. The molecule has 0 N–H and O–H groups in total. The first-order valence-corrected chi connectivity index (χ1v) is 5.54. The summed E-state index contributed by atoms with van der Waals surface area (Å²) in [7, 11) is 0. The van der Waals surface area contributed by atoms with Crippen LogP contribution in [0.3, 0.4) is 0 Å². The second-order valence-electron chi connectivity index (χ2n) is 3.79. The number of hydrogen-bond donors (Lipinski definition) is 0. The Hall–Kier alpha value is -1.94. The van der Waals surface area contributed by atoms with Gasteiger partial charge in [-0.1, -0.05) is 29.3 Å². The fourth-order valence-electron chi connectivity index (χ4n) is 1.72. The Labute approximate surface area is 103 Å². The van der Waals surface area contributed by atoms with E-state index >= 15 is 0 Å². The smallest absolute Gasteiger partial charge is 0.182 e. The van der Waals surface area contributed by atoms with Crippen molar-refractivity contribution in [2.24, 2.45) is 0 Å². The Balaban J connectivity index is 2.27. The van der Waals surface area contributed by atoms with Crippen LogP contribution in [0.1, 0.15) is 5.56 Å². The van der Waals surface area contributed by atoms with Gasteiger partial charge in [-0.2, -0.15) is 0 Å². The van der Waals surface area contributed by atoms with Crippen molar-refractivity contribution in [2.45, 2.75) is 6.92 Å². The maximum atomic E-state index is 6.07. The molecule has 5 heteroatoms. The van der Waals surface area contributed by atoms with Crippen molar-refractivity contribution in [1.82, 2.24) is 19.5 Å². The minimum absolute atomic E-state index is 0.410.